The molecule has 2 aromatic heterocycles. The van der Waals surface area contributed by atoms with E-state index in [1.54, 1.807) is 6.07 Å². The zero-order chi connectivity index (χ0) is 10.3. The maximum Gasteiger partial charge on any atom is 0.451 e. The van der Waals surface area contributed by atoms with Gasteiger partial charge in [0.2, 0.25) is 5.82 Å². The molecule has 2 aromatic rings. The molecule has 0 amide bonds. The van der Waals surface area contributed by atoms with Crippen LogP contribution in [0.1, 0.15) is 5.82 Å². The van der Waals surface area contributed by atoms with Gasteiger partial charge in [-0.05, 0) is 28.1 Å². The van der Waals surface area contributed by atoms with Gasteiger partial charge in [-0.15, -0.1) is 0 Å². The summed E-state index contributed by atoms with van der Waals surface area (Å²) in [7, 11) is 0. The van der Waals surface area contributed by atoms with Crippen molar-refractivity contribution in [3.05, 3.63) is 28.8 Å². The van der Waals surface area contributed by atoms with Crippen molar-refractivity contribution < 1.29 is 13.2 Å². The number of hydrogen-bond donors (Lipinski definition) is 0. The number of alkyl halides is 3. The van der Waals surface area contributed by atoms with E-state index in [1.807, 2.05) is 0 Å². The molecule has 0 radical (unpaired) electrons. The number of imidazole rings is 1. The van der Waals surface area contributed by atoms with Gasteiger partial charge in [0.05, 0.1) is 5.52 Å². The molecule has 74 valence electrons. The summed E-state index contributed by atoms with van der Waals surface area (Å²) in [6, 6.07) is 3.04. The van der Waals surface area contributed by atoms with Crippen LogP contribution >= 0.6 is 15.9 Å². The summed E-state index contributed by atoms with van der Waals surface area (Å²) >= 11 is 2.94. The Labute approximate surface area is 84.7 Å². The molecule has 0 N–H and O–H groups in total. The topological polar surface area (TPSA) is 30.2 Å². The first kappa shape index (κ1) is 9.45. The first-order valence-corrected chi connectivity index (χ1v) is 4.36. The van der Waals surface area contributed by atoms with Crippen molar-refractivity contribution in [3.8, 4) is 0 Å². The van der Waals surface area contributed by atoms with E-state index in [-0.39, 0.29) is 4.60 Å². The van der Waals surface area contributed by atoms with Crippen LogP contribution in [0.4, 0.5) is 13.2 Å². The van der Waals surface area contributed by atoms with Crippen LogP contribution in [-0.4, -0.2) is 14.6 Å². The third kappa shape index (κ3) is 1.37. The molecule has 7 heteroatoms. The SMILES string of the molecule is FC(F)(F)c1nc(Br)c2cccnn12. The van der Waals surface area contributed by atoms with Crippen molar-refractivity contribution >= 4 is 21.4 Å². The lowest BCUT2D eigenvalue weighted by Gasteiger charge is -2.02. The van der Waals surface area contributed by atoms with Gasteiger partial charge in [-0.2, -0.15) is 18.3 Å². The zero-order valence-electron chi connectivity index (χ0n) is 6.59. The normalized spacial score (nSPS) is 12.3. The van der Waals surface area contributed by atoms with E-state index in [2.05, 4.69) is 26.0 Å². The van der Waals surface area contributed by atoms with Gasteiger partial charge in [-0.1, -0.05) is 0 Å². The van der Waals surface area contributed by atoms with Gasteiger partial charge in [0, 0.05) is 6.20 Å². The molecular weight excluding hydrogens is 263 g/mol. The van der Waals surface area contributed by atoms with E-state index in [4.69, 9.17) is 0 Å². The molecule has 0 aliphatic heterocycles. The van der Waals surface area contributed by atoms with E-state index in [0.29, 0.717) is 5.52 Å². The monoisotopic (exact) mass is 265 g/mol. The molecular formula is C7H3BrF3N3. The molecule has 0 unspecified atom stereocenters. The third-order valence-corrected chi connectivity index (χ3v) is 2.20. The standard InChI is InChI=1S/C7H3BrF3N3/c8-5-4-2-1-3-12-14(4)6(13-5)7(9,10)11/h1-3H. The van der Waals surface area contributed by atoms with E-state index in [0.717, 1.165) is 4.52 Å². The number of rotatable bonds is 0. The first-order chi connectivity index (χ1) is 6.50. The Morgan fingerprint density at radius 1 is 1.36 bits per heavy atom. The minimum atomic E-state index is -4.50. The molecule has 3 nitrogen and oxygen atoms in total. The average molecular weight is 266 g/mol. The molecule has 0 atom stereocenters. The molecule has 0 spiro atoms. The predicted octanol–water partition coefficient (Wildman–Crippen LogP) is 2.51. The molecule has 0 aromatic carbocycles. The molecule has 0 aliphatic rings. The van der Waals surface area contributed by atoms with Crippen molar-refractivity contribution in [1.29, 1.82) is 0 Å². The molecule has 2 heterocycles. The summed E-state index contributed by atoms with van der Waals surface area (Å²) in [5.74, 6) is -1.03. The van der Waals surface area contributed by atoms with Crippen LogP contribution in [0.2, 0.25) is 0 Å². The van der Waals surface area contributed by atoms with E-state index < -0.39 is 12.0 Å². The number of halogens is 4. The molecule has 0 aliphatic carbocycles. The minimum absolute atomic E-state index is 0.137. The summed E-state index contributed by atoms with van der Waals surface area (Å²) in [6.07, 6.45) is -3.22. The van der Waals surface area contributed by atoms with Crippen LogP contribution < -0.4 is 0 Å². The van der Waals surface area contributed by atoms with Gasteiger partial charge >= 0.3 is 6.18 Å². The van der Waals surface area contributed by atoms with Crippen LogP contribution in [-0.2, 0) is 6.18 Å². The van der Waals surface area contributed by atoms with Crippen molar-refractivity contribution in [1.82, 2.24) is 14.6 Å². The average Bonchev–Trinajstić information content (AvgIpc) is 2.44. The Balaban J connectivity index is 2.80. The first-order valence-electron chi connectivity index (χ1n) is 3.56. The Kier molecular flexibility index (Phi) is 1.99. The number of hydrogen-bond acceptors (Lipinski definition) is 2. The number of nitrogens with zero attached hydrogens (tertiary/aromatic N) is 3. The molecule has 0 saturated carbocycles. The Morgan fingerprint density at radius 3 is 2.71 bits per heavy atom. The van der Waals surface area contributed by atoms with Gasteiger partial charge in [0.1, 0.15) is 4.60 Å². The fourth-order valence-corrected chi connectivity index (χ4v) is 1.55. The van der Waals surface area contributed by atoms with E-state index >= 15 is 0 Å². The van der Waals surface area contributed by atoms with Gasteiger partial charge in [0.15, 0.2) is 0 Å². The second-order valence-electron chi connectivity index (χ2n) is 2.54. The fourth-order valence-electron chi connectivity index (χ4n) is 1.08. The third-order valence-electron chi connectivity index (χ3n) is 1.62. The summed E-state index contributed by atoms with van der Waals surface area (Å²) in [4.78, 5) is 3.35. The quantitative estimate of drug-likeness (QED) is 0.733. The van der Waals surface area contributed by atoms with Crippen LogP contribution in [0, 0.1) is 0 Å². The van der Waals surface area contributed by atoms with Crippen LogP contribution in [0.25, 0.3) is 5.52 Å². The second kappa shape index (κ2) is 2.94. The second-order valence-corrected chi connectivity index (χ2v) is 3.30. The fraction of sp³-hybridized carbons (Fsp3) is 0.143. The maximum atomic E-state index is 12.4. The lowest BCUT2D eigenvalue weighted by atomic mass is 10.5. The molecule has 0 saturated heterocycles. The molecule has 2 rings (SSSR count). The predicted molar refractivity (Wildman–Crippen MR) is 45.7 cm³/mol. The van der Waals surface area contributed by atoms with Gasteiger partial charge in [0.25, 0.3) is 0 Å². The highest BCUT2D eigenvalue weighted by atomic mass is 79.9. The van der Waals surface area contributed by atoms with Gasteiger partial charge < -0.3 is 0 Å². The van der Waals surface area contributed by atoms with Crippen LogP contribution in [0.3, 0.4) is 0 Å². The highest BCUT2D eigenvalue weighted by molar-refractivity contribution is 9.10. The van der Waals surface area contributed by atoms with Crippen molar-refractivity contribution in [3.63, 3.8) is 0 Å². The lowest BCUT2D eigenvalue weighted by Crippen LogP contribution is -2.11. The van der Waals surface area contributed by atoms with Crippen molar-refractivity contribution in [2.45, 2.75) is 6.18 Å². The van der Waals surface area contributed by atoms with E-state index in [1.165, 1.54) is 12.3 Å². The minimum Gasteiger partial charge on any atom is -0.215 e. The van der Waals surface area contributed by atoms with Crippen molar-refractivity contribution in [2.75, 3.05) is 0 Å². The summed E-state index contributed by atoms with van der Waals surface area (Å²) < 4.78 is 38.1. The largest absolute Gasteiger partial charge is 0.451 e. The maximum absolute atomic E-state index is 12.4. The molecule has 0 fully saturated rings. The number of aromatic nitrogens is 3. The zero-order valence-corrected chi connectivity index (χ0v) is 8.17. The smallest absolute Gasteiger partial charge is 0.215 e. The van der Waals surface area contributed by atoms with Gasteiger partial charge in [-0.25, -0.2) is 9.50 Å². The molecule has 14 heavy (non-hydrogen) atoms. The Hall–Kier alpha value is -1.11. The summed E-state index contributed by atoms with van der Waals surface area (Å²) in [5, 5.41) is 3.57. The summed E-state index contributed by atoms with van der Waals surface area (Å²) in [6.45, 7) is 0. The van der Waals surface area contributed by atoms with Crippen molar-refractivity contribution in [2.24, 2.45) is 0 Å². The van der Waals surface area contributed by atoms with Gasteiger partial charge in [-0.3, -0.25) is 0 Å². The Bertz CT molecular complexity index is 476. The molecule has 0 bridgehead atoms. The highest BCUT2D eigenvalue weighted by Crippen LogP contribution is 2.30. The lowest BCUT2D eigenvalue weighted by molar-refractivity contribution is -0.146. The van der Waals surface area contributed by atoms with E-state index in [9.17, 15) is 13.2 Å². The van der Waals surface area contributed by atoms with Crippen LogP contribution in [0.15, 0.2) is 22.9 Å². The highest BCUT2D eigenvalue weighted by Gasteiger charge is 2.37. The van der Waals surface area contributed by atoms with Crippen LogP contribution in [0.5, 0.6) is 0 Å². The Morgan fingerprint density at radius 2 is 2.07 bits per heavy atom. The summed E-state index contributed by atoms with van der Waals surface area (Å²) in [5.41, 5.74) is 0.292. The number of fused-ring (bicyclic) bond motifs is 1.